The first-order valence-electron chi connectivity index (χ1n) is 12.2. The summed E-state index contributed by atoms with van der Waals surface area (Å²) in [5, 5.41) is 7.54. The summed E-state index contributed by atoms with van der Waals surface area (Å²) in [6.07, 6.45) is 2.93. The predicted molar refractivity (Wildman–Crippen MR) is 139 cm³/mol. The molecule has 0 fully saturated rings. The van der Waals surface area contributed by atoms with Gasteiger partial charge >= 0.3 is 0 Å². The molecule has 2 amide bonds. The van der Waals surface area contributed by atoms with E-state index in [-0.39, 0.29) is 23.9 Å². The zero-order chi connectivity index (χ0) is 24.9. The van der Waals surface area contributed by atoms with Crippen molar-refractivity contribution in [2.45, 2.75) is 24.8 Å². The highest BCUT2D eigenvalue weighted by Gasteiger charge is 2.51. The maximum absolute atomic E-state index is 13.1. The van der Waals surface area contributed by atoms with Crippen LogP contribution in [0.5, 0.6) is 0 Å². The summed E-state index contributed by atoms with van der Waals surface area (Å²) in [4.78, 5) is 47.6. The minimum Gasteiger partial charge on any atom is -0.321 e. The minimum absolute atomic E-state index is 0.00509. The molecule has 0 radical (unpaired) electrons. The molecule has 0 saturated carbocycles. The second-order valence-corrected chi connectivity index (χ2v) is 10.0. The molecular weight excluding hydrogens is 466 g/mol. The number of nitrogens with one attached hydrogen (secondary N) is 2. The Morgan fingerprint density at radius 2 is 1.78 bits per heavy atom. The molecule has 0 saturated heterocycles. The lowest BCUT2D eigenvalue weighted by Crippen LogP contribution is -2.35. The smallest absolute Gasteiger partial charge is 0.256 e. The molecule has 1 spiro atoms. The van der Waals surface area contributed by atoms with E-state index in [9.17, 15) is 14.4 Å². The first kappa shape index (κ1) is 20.4. The number of nitrogens with zero attached hydrogens (tertiary/aromatic N) is 3. The standard InChI is InChI=1S/C29H19N5O3/c35-24-11-19-25-21(32-27(19)36)4-1-5-23(25)34(24)14-18-7-6-15-9-16-12-29(13-17(16)10-22(15)31-18)20-3-2-8-30-26(20)33-28(29)37/h1-11H,12-14H2,(H,32,36)(H,30,33,37)/t29-/m0/s1. The van der Waals surface area contributed by atoms with Gasteiger partial charge in [0, 0.05) is 28.6 Å². The number of hydrogen-bond donors (Lipinski definition) is 2. The summed E-state index contributed by atoms with van der Waals surface area (Å²) in [7, 11) is 0. The Hall–Kier alpha value is -4.85. The number of rotatable bonds is 2. The van der Waals surface area contributed by atoms with Gasteiger partial charge in [-0.3, -0.25) is 19.4 Å². The maximum Gasteiger partial charge on any atom is 0.256 e. The van der Waals surface area contributed by atoms with Crippen molar-refractivity contribution < 1.29 is 9.59 Å². The van der Waals surface area contributed by atoms with E-state index in [1.807, 2.05) is 42.5 Å². The quantitative estimate of drug-likeness (QED) is 0.398. The fourth-order valence-electron chi connectivity index (χ4n) is 6.26. The molecule has 2 aromatic carbocycles. The zero-order valence-electron chi connectivity index (χ0n) is 19.5. The van der Waals surface area contributed by atoms with Gasteiger partial charge in [-0.1, -0.05) is 18.2 Å². The fourth-order valence-corrected chi connectivity index (χ4v) is 6.26. The van der Waals surface area contributed by atoms with Crippen molar-refractivity contribution in [3.63, 3.8) is 0 Å². The van der Waals surface area contributed by atoms with Crippen LogP contribution in [-0.4, -0.2) is 26.3 Å². The lowest BCUT2D eigenvalue weighted by molar-refractivity contribution is -0.120. The first-order chi connectivity index (χ1) is 18.0. The van der Waals surface area contributed by atoms with Gasteiger partial charge < -0.3 is 15.2 Å². The highest BCUT2D eigenvalue weighted by molar-refractivity contribution is 6.23. The third-order valence-electron chi connectivity index (χ3n) is 7.99. The highest BCUT2D eigenvalue weighted by Crippen LogP contribution is 2.47. The normalized spacial score (nSPS) is 18.9. The summed E-state index contributed by atoms with van der Waals surface area (Å²) in [6, 6.07) is 18.9. The highest BCUT2D eigenvalue weighted by atomic mass is 16.2. The number of amides is 2. The number of anilines is 2. The first-order valence-corrected chi connectivity index (χ1v) is 12.2. The van der Waals surface area contributed by atoms with E-state index < -0.39 is 5.41 Å². The molecule has 5 aromatic rings. The van der Waals surface area contributed by atoms with Crippen LogP contribution in [-0.2, 0) is 29.6 Å². The molecule has 0 bridgehead atoms. The second-order valence-electron chi connectivity index (χ2n) is 10.0. The maximum atomic E-state index is 13.1. The van der Waals surface area contributed by atoms with Crippen molar-refractivity contribution in [2.75, 3.05) is 10.6 Å². The summed E-state index contributed by atoms with van der Waals surface area (Å²) in [5.41, 5.74) is 5.74. The van der Waals surface area contributed by atoms with Gasteiger partial charge in [0.05, 0.1) is 39.9 Å². The number of pyridine rings is 3. The minimum atomic E-state index is -0.629. The van der Waals surface area contributed by atoms with E-state index >= 15 is 0 Å². The topological polar surface area (TPSA) is 106 Å². The van der Waals surface area contributed by atoms with E-state index in [1.54, 1.807) is 10.8 Å². The molecule has 8 heteroatoms. The van der Waals surface area contributed by atoms with Crippen LogP contribution in [0.3, 0.4) is 0 Å². The van der Waals surface area contributed by atoms with Gasteiger partial charge in [0.25, 0.3) is 11.5 Å². The lowest BCUT2D eigenvalue weighted by atomic mass is 9.79. The Kier molecular flexibility index (Phi) is 3.79. The Morgan fingerprint density at radius 1 is 0.919 bits per heavy atom. The van der Waals surface area contributed by atoms with E-state index in [4.69, 9.17) is 4.98 Å². The van der Waals surface area contributed by atoms with E-state index in [0.717, 1.165) is 44.4 Å². The average Bonchev–Trinajstić information content (AvgIpc) is 3.52. The average molecular weight is 486 g/mol. The molecule has 178 valence electrons. The molecule has 2 aliphatic heterocycles. The third-order valence-corrected chi connectivity index (χ3v) is 7.99. The molecule has 1 atom stereocenters. The van der Waals surface area contributed by atoms with Gasteiger partial charge in [-0.15, -0.1) is 0 Å². The zero-order valence-corrected chi connectivity index (χ0v) is 19.5. The Labute approximate surface area is 210 Å². The summed E-state index contributed by atoms with van der Waals surface area (Å²) < 4.78 is 1.66. The fraction of sp³-hybridized carbons (Fsp3) is 0.138. The molecule has 8 nitrogen and oxygen atoms in total. The van der Waals surface area contributed by atoms with Crippen LogP contribution in [0.15, 0.2) is 71.7 Å². The molecular formula is C29H19N5O3. The van der Waals surface area contributed by atoms with E-state index in [1.165, 1.54) is 6.07 Å². The van der Waals surface area contributed by atoms with Crippen LogP contribution in [0.25, 0.3) is 21.8 Å². The number of fused-ring (bicyclic) bond motifs is 4. The Balaban J connectivity index is 1.20. The van der Waals surface area contributed by atoms with Gasteiger partial charge in [-0.05, 0) is 60.4 Å². The summed E-state index contributed by atoms with van der Waals surface area (Å²) in [5.74, 6) is 0.396. The largest absolute Gasteiger partial charge is 0.321 e. The van der Waals surface area contributed by atoms with Gasteiger partial charge in [0.1, 0.15) is 5.82 Å². The number of carbonyl (C=O) groups is 2. The summed E-state index contributed by atoms with van der Waals surface area (Å²) in [6.45, 7) is 0.283. The van der Waals surface area contributed by atoms with Gasteiger partial charge in [0.2, 0.25) is 5.91 Å². The van der Waals surface area contributed by atoms with E-state index in [0.29, 0.717) is 29.7 Å². The van der Waals surface area contributed by atoms with Gasteiger partial charge in [-0.25, -0.2) is 4.98 Å². The van der Waals surface area contributed by atoms with Crippen molar-refractivity contribution in [3.8, 4) is 0 Å². The van der Waals surface area contributed by atoms with Gasteiger partial charge in [-0.2, -0.15) is 0 Å². The third kappa shape index (κ3) is 2.69. The van der Waals surface area contributed by atoms with Crippen molar-refractivity contribution >= 4 is 45.1 Å². The predicted octanol–water partition coefficient (Wildman–Crippen LogP) is 3.55. The van der Waals surface area contributed by atoms with Crippen LogP contribution >= 0.6 is 0 Å². The van der Waals surface area contributed by atoms with Crippen LogP contribution in [0.2, 0.25) is 0 Å². The molecule has 5 heterocycles. The van der Waals surface area contributed by atoms with E-state index in [2.05, 4.69) is 27.8 Å². The lowest BCUT2D eigenvalue weighted by Gasteiger charge is -2.20. The van der Waals surface area contributed by atoms with Crippen molar-refractivity contribution in [1.82, 2.24) is 14.5 Å². The van der Waals surface area contributed by atoms with Crippen LogP contribution in [0.4, 0.5) is 11.5 Å². The molecule has 1 aliphatic carbocycles. The second kappa shape index (κ2) is 6.88. The van der Waals surface area contributed by atoms with Crippen LogP contribution in [0, 0.1) is 0 Å². The molecule has 3 aliphatic rings. The van der Waals surface area contributed by atoms with Crippen LogP contribution in [0.1, 0.15) is 32.7 Å². The number of benzene rings is 2. The molecule has 0 unspecified atom stereocenters. The van der Waals surface area contributed by atoms with Gasteiger partial charge in [0.15, 0.2) is 0 Å². The number of hydrogen-bond acceptors (Lipinski definition) is 5. The Morgan fingerprint density at radius 3 is 2.68 bits per heavy atom. The van der Waals surface area contributed by atoms with Crippen molar-refractivity contribution in [3.05, 3.63) is 105 Å². The number of carbonyl (C=O) groups excluding carboxylic acids is 2. The number of aromatic nitrogens is 3. The van der Waals surface area contributed by atoms with Crippen molar-refractivity contribution in [1.29, 1.82) is 0 Å². The van der Waals surface area contributed by atoms with Crippen LogP contribution < -0.4 is 16.2 Å². The SMILES string of the molecule is O=C1Nc2cccc3c2c1cc(=O)n3Cc1ccc2cc3c(cc2n1)C[C@]1(C3)C(=O)Nc2ncccc21. The Bertz CT molecular complexity index is 1940. The monoisotopic (exact) mass is 485 g/mol. The molecule has 8 rings (SSSR count). The molecule has 2 N–H and O–H groups in total. The molecule has 3 aromatic heterocycles. The summed E-state index contributed by atoms with van der Waals surface area (Å²) >= 11 is 0. The molecule has 37 heavy (non-hydrogen) atoms. The van der Waals surface area contributed by atoms with Crippen molar-refractivity contribution in [2.24, 2.45) is 0 Å².